The second-order valence-corrected chi connectivity index (χ2v) is 6.44. The predicted octanol–water partition coefficient (Wildman–Crippen LogP) is 5.19. The fraction of sp³-hybridized carbons (Fsp3) is 0.0588. The fourth-order valence-electron chi connectivity index (χ4n) is 2.22. The van der Waals surface area contributed by atoms with Crippen LogP contribution < -0.4 is 10.6 Å². The van der Waals surface area contributed by atoms with E-state index in [9.17, 15) is 4.39 Å². The van der Waals surface area contributed by atoms with Crippen LogP contribution in [0.3, 0.4) is 0 Å². The lowest BCUT2D eigenvalue weighted by Crippen LogP contribution is -2.18. The molecule has 0 amide bonds. The highest BCUT2D eigenvalue weighted by Crippen LogP contribution is 2.25. The van der Waals surface area contributed by atoms with E-state index in [1.165, 1.54) is 12.1 Å². The van der Waals surface area contributed by atoms with Crippen LogP contribution in [0.2, 0.25) is 10.0 Å². The van der Waals surface area contributed by atoms with Crippen molar-refractivity contribution in [1.82, 2.24) is 9.78 Å². The summed E-state index contributed by atoms with van der Waals surface area (Å²) in [5, 5.41) is 11.7. The number of thiocarbonyl (C=S) groups is 1. The first kappa shape index (κ1) is 17.7. The van der Waals surface area contributed by atoms with Gasteiger partial charge in [-0.3, -0.25) is 4.68 Å². The largest absolute Gasteiger partial charge is 0.332 e. The monoisotopic (exact) mass is 394 g/mol. The Labute approximate surface area is 159 Å². The van der Waals surface area contributed by atoms with Crippen LogP contribution in [0.4, 0.5) is 15.8 Å². The van der Waals surface area contributed by atoms with Crippen molar-refractivity contribution < 1.29 is 4.39 Å². The Morgan fingerprint density at radius 2 is 1.76 bits per heavy atom. The highest BCUT2D eigenvalue weighted by Gasteiger charge is 2.08. The van der Waals surface area contributed by atoms with E-state index in [2.05, 4.69) is 15.7 Å². The first-order valence-electron chi connectivity index (χ1n) is 7.30. The molecule has 8 heteroatoms. The molecule has 0 radical (unpaired) electrons. The van der Waals surface area contributed by atoms with Crippen LogP contribution in [0.5, 0.6) is 0 Å². The molecule has 1 aromatic heterocycles. The molecule has 3 rings (SSSR count). The van der Waals surface area contributed by atoms with E-state index < -0.39 is 0 Å². The zero-order chi connectivity index (χ0) is 17.8. The molecule has 0 bridgehead atoms. The molecule has 0 unspecified atom stereocenters. The lowest BCUT2D eigenvalue weighted by atomic mass is 10.2. The minimum absolute atomic E-state index is 0.334. The van der Waals surface area contributed by atoms with Crippen LogP contribution in [-0.2, 0) is 6.54 Å². The summed E-state index contributed by atoms with van der Waals surface area (Å²) in [6, 6.07) is 11.4. The van der Waals surface area contributed by atoms with E-state index >= 15 is 0 Å². The van der Waals surface area contributed by atoms with Crippen molar-refractivity contribution in [2.45, 2.75) is 6.54 Å². The number of hydrogen-bond donors (Lipinski definition) is 2. The topological polar surface area (TPSA) is 41.9 Å². The van der Waals surface area contributed by atoms with Gasteiger partial charge in [-0.05, 0) is 42.5 Å². The maximum atomic E-state index is 13.2. The van der Waals surface area contributed by atoms with Crippen molar-refractivity contribution in [3.05, 3.63) is 76.3 Å². The second kappa shape index (κ2) is 7.82. The van der Waals surface area contributed by atoms with Crippen molar-refractivity contribution >= 4 is 51.9 Å². The minimum atomic E-state index is -0.336. The minimum Gasteiger partial charge on any atom is -0.332 e. The number of rotatable bonds is 4. The Kier molecular flexibility index (Phi) is 5.53. The number of nitrogens with zero attached hydrogens (tertiary/aromatic N) is 2. The van der Waals surface area contributed by atoms with Crippen LogP contribution in [0.1, 0.15) is 5.56 Å². The standard InChI is InChI=1S/C17H13Cl2FN4S/c18-15-5-2-6-16(19)14(15)10-24-9-13(8-21-24)23-17(25)22-12-4-1-3-11(20)7-12/h1-9H,10H2,(H2,22,23,25). The average Bonchev–Trinajstić information content (AvgIpc) is 2.98. The lowest BCUT2D eigenvalue weighted by molar-refractivity contribution is 0.628. The predicted molar refractivity (Wildman–Crippen MR) is 104 cm³/mol. The molecule has 0 aliphatic rings. The molecular weight excluding hydrogens is 382 g/mol. The number of nitrogens with one attached hydrogen (secondary N) is 2. The van der Waals surface area contributed by atoms with Crippen LogP contribution in [0, 0.1) is 5.82 Å². The van der Waals surface area contributed by atoms with Gasteiger partial charge in [-0.1, -0.05) is 35.3 Å². The molecule has 0 fully saturated rings. The van der Waals surface area contributed by atoms with Gasteiger partial charge in [0, 0.05) is 27.5 Å². The van der Waals surface area contributed by atoms with Crippen LogP contribution in [-0.4, -0.2) is 14.9 Å². The third-order valence-corrected chi connectivity index (χ3v) is 4.27. The zero-order valence-electron chi connectivity index (χ0n) is 12.8. The molecule has 4 nitrogen and oxygen atoms in total. The Bertz CT molecular complexity index is 893. The summed E-state index contributed by atoms with van der Waals surface area (Å²) in [6.45, 7) is 0.435. The Morgan fingerprint density at radius 1 is 1.08 bits per heavy atom. The summed E-state index contributed by atoms with van der Waals surface area (Å²) < 4.78 is 14.9. The Hall–Kier alpha value is -2.15. The number of aromatic nitrogens is 2. The number of halogens is 3. The van der Waals surface area contributed by atoms with Gasteiger partial charge in [-0.25, -0.2) is 4.39 Å². The average molecular weight is 395 g/mol. The molecule has 0 spiro atoms. The van der Waals surface area contributed by atoms with Crippen LogP contribution >= 0.6 is 35.4 Å². The van der Waals surface area contributed by atoms with Gasteiger partial charge in [0.15, 0.2) is 5.11 Å². The highest BCUT2D eigenvalue weighted by molar-refractivity contribution is 7.80. The molecule has 1 heterocycles. The van der Waals surface area contributed by atoms with Gasteiger partial charge in [0.05, 0.1) is 18.4 Å². The maximum absolute atomic E-state index is 13.2. The first-order valence-corrected chi connectivity index (χ1v) is 8.46. The summed E-state index contributed by atoms with van der Waals surface area (Å²) in [4.78, 5) is 0. The molecule has 0 saturated heterocycles. The molecular formula is C17H13Cl2FN4S. The SMILES string of the molecule is Fc1cccc(NC(=S)Nc2cnn(Cc3c(Cl)cccc3Cl)c2)c1. The molecule has 3 aromatic rings. The molecule has 2 N–H and O–H groups in total. The van der Waals surface area contributed by atoms with Gasteiger partial charge in [0.2, 0.25) is 0 Å². The molecule has 2 aromatic carbocycles. The number of hydrogen-bond acceptors (Lipinski definition) is 2. The van der Waals surface area contributed by atoms with Gasteiger partial charge in [0.25, 0.3) is 0 Å². The van der Waals surface area contributed by atoms with E-state index in [0.717, 1.165) is 5.56 Å². The highest BCUT2D eigenvalue weighted by atomic mass is 35.5. The zero-order valence-corrected chi connectivity index (χ0v) is 15.2. The van der Waals surface area contributed by atoms with Crippen molar-refractivity contribution in [2.24, 2.45) is 0 Å². The smallest absolute Gasteiger partial charge is 0.175 e. The van der Waals surface area contributed by atoms with Crippen molar-refractivity contribution in [2.75, 3.05) is 10.6 Å². The third kappa shape index (κ3) is 4.69. The van der Waals surface area contributed by atoms with Gasteiger partial charge in [-0.2, -0.15) is 5.10 Å². The Balaban J connectivity index is 1.64. The van der Waals surface area contributed by atoms with Crippen molar-refractivity contribution in [3.8, 4) is 0 Å². The van der Waals surface area contributed by atoms with E-state index in [1.54, 1.807) is 47.4 Å². The van der Waals surface area contributed by atoms with E-state index in [4.69, 9.17) is 35.4 Å². The van der Waals surface area contributed by atoms with E-state index in [1.807, 2.05) is 0 Å². The second-order valence-electron chi connectivity index (χ2n) is 5.22. The molecule has 0 aliphatic carbocycles. The molecule has 0 atom stereocenters. The molecule has 128 valence electrons. The number of benzene rings is 2. The van der Waals surface area contributed by atoms with E-state index in [-0.39, 0.29) is 5.82 Å². The first-order chi connectivity index (χ1) is 12.0. The van der Waals surface area contributed by atoms with E-state index in [0.29, 0.717) is 33.1 Å². The quantitative estimate of drug-likeness (QED) is 0.597. The summed E-state index contributed by atoms with van der Waals surface area (Å²) in [6.07, 6.45) is 3.41. The summed E-state index contributed by atoms with van der Waals surface area (Å²) >= 11 is 17.6. The Morgan fingerprint density at radius 3 is 2.48 bits per heavy atom. The van der Waals surface area contributed by atoms with Gasteiger partial charge >= 0.3 is 0 Å². The summed E-state index contributed by atoms with van der Waals surface area (Å²) in [5.74, 6) is -0.336. The van der Waals surface area contributed by atoms with Crippen molar-refractivity contribution in [1.29, 1.82) is 0 Å². The third-order valence-electron chi connectivity index (χ3n) is 3.36. The van der Waals surface area contributed by atoms with Crippen LogP contribution in [0.25, 0.3) is 0 Å². The van der Waals surface area contributed by atoms with Crippen LogP contribution in [0.15, 0.2) is 54.9 Å². The molecule has 0 saturated carbocycles. The number of anilines is 2. The van der Waals surface area contributed by atoms with Gasteiger partial charge in [0.1, 0.15) is 5.82 Å². The summed E-state index contributed by atoms with van der Waals surface area (Å²) in [5.41, 5.74) is 2.05. The van der Waals surface area contributed by atoms with Gasteiger partial charge < -0.3 is 10.6 Å². The van der Waals surface area contributed by atoms with Crippen molar-refractivity contribution in [3.63, 3.8) is 0 Å². The normalized spacial score (nSPS) is 10.5. The maximum Gasteiger partial charge on any atom is 0.175 e. The van der Waals surface area contributed by atoms with Gasteiger partial charge in [-0.15, -0.1) is 0 Å². The molecule has 0 aliphatic heterocycles. The lowest BCUT2D eigenvalue weighted by Gasteiger charge is -2.09. The molecule has 25 heavy (non-hydrogen) atoms. The summed E-state index contributed by atoms with van der Waals surface area (Å²) in [7, 11) is 0. The fourth-order valence-corrected chi connectivity index (χ4v) is 2.97.